The second kappa shape index (κ2) is 9.64. The summed E-state index contributed by atoms with van der Waals surface area (Å²) >= 11 is 0. The summed E-state index contributed by atoms with van der Waals surface area (Å²) in [6, 6.07) is 8.71. The fourth-order valence-corrected chi connectivity index (χ4v) is 1.33. The van der Waals surface area contributed by atoms with Crippen LogP contribution in [0.4, 0.5) is 0 Å². The van der Waals surface area contributed by atoms with Crippen molar-refractivity contribution in [3.05, 3.63) is 42.5 Å². The van der Waals surface area contributed by atoms with Crippen molar-refractivity contribution >= 4 is 6.79 Å². The molecule has 0 bridgehead atoms. The molecule has 2 nitrogen and oxygen atoms in total. The van der Waals surface area contributed by atoms with E-state index in [0.29, 0.717) is 11.2 Å². The highest BCUT2D eigenvalue weighted by Crippen LogP contribution is 2.22. The van der Waals surface area contributed by atoms with E-state index in [1.165, 1.54) is 5.57 Å². The summed E-state index contributed by atoms with van der Waals surface area (Å²) in [5.41, 5.74) is 1.70. The summed E-state index contributed by atoms with van der Waals surface area (Å²) in [5, 5.41) is 8.63. The van der Waals surface area contributed by atoms with Crippen LogP contribution in [0.3, 0.4) is 0 Å². The molecule has 1 rings (SSSR count). The van der Waals surface area contributed by atoms with Gasteiger partial charge in [0, 0.05) is 0 Å². The molecule has 1 aromatic rings. The van der Waals surface area contributed by atoms with Crippen molar-refractivity contribution in [3.8, 4) is 5.75 Å². The van der Waals surface area contributed by atoms with Gasteiger partial charge in [0.05, 0.1) is 0 Å². The van der Waals surface area contributed by atoms with Crippen molar-refractivity contribution in [1.82, 2.24) is 0 Å². The number of rotatable bonds is 1. The minimum Gasteiger partial charge on any atom is -0.508 e. The molecule has 0 aliphatic heterocycles. The first-order chi connectivity index (χ1) is 7.81. The van der Waals surface area contributed by atoms with Crippen molar-refractivity contribution < 1.29 is 9.90 Å². The van der Waals surface area contributed by atoms with Crippen LogP contribution in [0.5, 0.6) is 5.75 Å². The van der Waals surface area contributed by atoms with E-state index in [1.54, 1.807) is 24.3 Å². The molecule has 0 saturated carbocycles. The summed E-state index contributed by atoms with van der Waals surface area (Å²) in [4.78, 5) is 8.00. The van der Waals surface area contributed by atoms with Gasteiger partial charge in [-0.3, -0.25) is 0 Å². The summed E-state index contributed by atoms with van der Waals surface area (Å²) in [5.74, 6) is 0.322. The van der Waals surface area contributed by atoms with Gasteiger partial charge in [-0.1, -0.05) is 44.5 Å². The lowest BCUT2D eigenvalue weighted by Crippen LogP contribution is -2.03. The molecule has 0 atom stereocenters. The van der Waals surface area contributed by atoms with E-state index in [4.69, 9.17) is 9.90 Å². The van der Waals surface area contributed by atoms with Gasteiger partial charge < -0.3 is 9.90 Å². The molecule has 0 aliphatic carbocycles. The number of carbonyl (C=O) groups is 1. The van der Waals surface area contributed by atoms with E-state index in [9.17, 15) is 0 Å². The zero-order chi connectivity index (χ0) is 13.9. The van der Waals surface area contributed by atoms with Crippen LogP contribution in [0.2, 0.25) is 0 Å². The molecular formula is C15H24O2. The highest BCUT2D eigenvalue weighted by Gasteiger charge is 2.08. The summed E-state index contributed by atoms with van der Waals surface area (Å²) in [6.45, 7) is 14.6. The number of benzene rings is 1. The van der Waals surface area contributed by atoms with Gasteiger partial charge in [0.25, 0.3) is 0 Å². The van der Waals surface area contributed by atoms with E-state index < -0.39 is 0 Å². The first kappa shape index (κ1) is 17.8. The second-order valence-electron chi connectivity index (χ2n) is 5.03. The first-order valence-electron chi connectivity index (χ1n) is 5.48. The molecule has 1 N–H and O–H groups in total. The minimum absolute atomic E-state index is 0.322. The molecule has 0 unspecified atom stereocenters. The van der Waals surface area contributed by atoms with Crippen LogP contribution in [-0.2, 0) is 4.79 Å². The number of para-hydroxylation sites is 1. The third kappa shape index (κ3) is 17.1. The molecule has 0 amide bonds. The van der Waals surface area contributed by atoms with Gasteiger partial charge in [-0.2, -0.15) is 0 Å². The molecule has 0 aliphatic rings. The van der Waals surface area contributed by atoms with Gasteiger partial charge in [0.2, 0.25) is 0 Å². The lowest BCUT2D eigenvalue weighted by atomic mass is 9.89. The van der Waals surface area contributed by atoms with Crippen LogP contribution in [0.15, 0.2) is 42.5 Å². The molecule has 1 aromatic carbocycles. The number of allylic oxidation sites excluding steroid dienone is 1. The van der Waals surface area contributed by atoms with Crippen LogP contribution in [0.1, 0.15) is 34.1 Å². The van der Waals surface area contributed by atoms with Crippen molar-refractivity contribution in [2.24, 2.45) is 5.41 Å². The van der Waals surface area contributed by atoms with Crippen LogP contribution < -0.4 is 0 Å². The second-order valence-corrected chi connectivity index (χ2v) is 5.03. The van der Waals surface area contributed by atoms with Crippen LogP contribution in [0.25, 0.3) is 0 Å². The Bertz CT molecular complexity index is 296. The summed E-state index contributed by atoms with van der Waals surface area (Å²) in [7, 11) is 0. The number of aromatic hydroxyl groups is 1. The Balaban J connectivity index is 0. The molecule has 0 radical (unpaired) electrons. The molecule has 96 valence electrons. The molecule has 0 heterocycles. The lowest BCUT2D eigenvalue weighted by Gasteiger charge is -2.17. The zero-order valence-corrected chi connectivity index (χ0v) is 11.4. The average molecular weight is 236 g/mol. The Hall–Kier alpha value is -1.57. The van der Waals surface area contributed by atoms with Crippen molar-refractivity contribution in [3.63, 3.8) is 0 Å². The van der Waals surface area contributed by atoms with Gasteiger partial charge >= 0.3 is 0 Å². The Morgan fingerprint density at radius 2 is 1.59 bits per heavy atom. The predicted octanol–water partition coefficient (Wildman–Crippen LogP) is 4.21. The lowest BCUT2D eigenvalue weighted by molar-refractivity contribution is -0.0979. The van der Waals surface area contributed by atoms with Crippen LogP contribution in [-0.4, -0.2) is 11.9 Å². The average Bonchev–Trinajstić information content (AvgIpc) is 2.19. The summed E-state index contributed by atoms with van der Waals surface area (Å²) in [6.07, 6.45) is 1.13. The molecular weight excluding hydrogens is 212 g/mol. The van der Waals surface area contributed by atoms with Gasteiger partial charge in [-0.15, -0.1) is 6.58 Å². The SMILES string of the molecule is C=C(C)CC(C)(C)C.C=O.Oc1ccccc1. The number of hydrogen-bond donors (Lipinski definition) is 1. The number of carbonyl (C=O) groups excluding carboxylic acids is 1. The maximum Gasteiger partial charge on any atom is 0.115 e. The van der Waals surface area contributed by atoms with E-state index in [0.717, 1.165) is 6.42 Å². The predicted molar refractivity (Wildman–Crippen MR) is 74.1 cm³/mol. The minimum atomic E-state index is 0.322. The van der Waals surface area contributed by atoms with Gasteiger partial charge in [0.1, 0.15) is 12.5 Å². The maximum absolute atomic E-state index is 8.63. The van der Waals surface area contributed by atoms with E-state index in [-0.39, 0.29) is 0 Å². The molecule has 0 aromatic heterocycles. The molecule has 0 saturated heterocycles. The smallest absolute Gasteiger partial charge is 0.115 e. The van der Waals surface area contributed by atoms with Gasteiger partial charge in [-0.05, 0) is 30.9 Å². The molecule has 0 fully saturated rings. The first-order valence-corrected chi connectivity index (χ1v) is 5.48. The standard InChI is InChI=1S/C8H16.C6H6O.CH2O/c1-7(2)6-8(3,4)5;7-6-4-2-1-3-5-6;1-2/h1,6H2,2-5H3;1-5,7H;1H2. The van der Waals surface area contributed by atoms with Gasteiger partial charge in [-0.25, -0.2) is 0 Å². The molecule has 0 spiro atoms. The van der Waals surface area contributed by atoms with Crippen molar-refractivity contribution in [2.75, 3.05) is 0 Å². The van der Waals surface area contributed by atoms with Gasteiger partial charge in [0.15, 0.2) is 0 Å². The third-order valence-corrected chi connectivity index (χ3v) is 1.59. The largest absolute Gasteiger partial charge is 0.508 e. The van der Waals surface area contributed by atoms with E-state index in [1.807, 2.05) is 12.9 Å². The van der Waals surface area contributed by atoms with Crippen LogP contribution in [0, 0.1) is 5.41 Å². The number of hydrogen-bond acceptors (Lipinski definition) is 2. The number of phenols is 1. The monoisotopic (exact) mass is 236 g/mol. The van der Waals surface area contributed by atoms with Crippen LogP contribution >= 0.6 is 0 Å². The fourth-order valence-electron chi connectivity index (χ4n) is 1.33. The Morgan fingerprint density at radius 3 is 1.71 bits per heavy atom. The Kier molecular flexibility index (Phi) is 10.1. The molecule has 17 heavy (non-hydrogen) atoms. The Morgan fingerprint density at radius 1 is 1.18 bits per heavy atom. The quantitative estimate of drug-likeness (QED) is 0.742. The molecule has 2 heteroatoms. The summed E-state index contributed by atoms with van der Waals surface area (Å²) < 4.78 is 0. The fraction of sp³-hybridized carbons (Fsp3) is 0.400. The topological polar surface area (TPSA) is 37.3 Å². The zero-order valence-electron chi connectivity index (χ0n) is 11.4. The van der Waals surface area contributed by atoms with Crippen molar-refractivity contribution in [1.29, 1.82) is 0 Å². The van der Waals surface area contributed by atoms with E-state index in [2.05, 4.69) is 34.3 Å². The number of phenolic OH excluding ortho intramolecular Hbond substituents is 1. The van der Waals surface area contributed by atoms with Crippen molar-refractivity contribution in [2.45, 2.75) is 34.1 Å². The highest BCUT2D eigenvalue weighted by atomic mass is 16.3. The Labute approximate surface area is 105 Å². The maximum atomic E-state index is 8.63. The van der Waals surface area contributed by atoms with E-state index >= 15 is 0 Å². The highest BCUT2D eigenvalue weighted by molar-refractivity contribution is 5.18. The third-order valence-electron chi connectivity index (χ3n) is 1.59. The normalized spacial score (nSPS) is 9.18.